The Kier molecular flexibility index (Phi) is 8.00. The van der Waals surface area contributed by atoms with E-state index in [0.29, 0.717) is 16.3 Å². The third-order valence-electron chi connectivity index (χ3n) is 5.55. The number of carbonyl (C=O) groups is 3. The second-order valence-electron chi connectivity index (χ2n) is 8.19. The molecule has 0 radical (unpaired) electrons. The average Bonchev–Trinajstić information content (AvgIpc) is 2.89. The lowest BCUT2D eigenvalue weighted by Crippen LogP contribution is -2.20. The van der Waals surface area contributed by atoms with Gasteiger partial charge in [-0.15, -0.1) is 11.8 Å². The van der Waals surface area contributed by atoms with Gasteiger partial charge in [0.15, 0.2) is 0 Å². The van der Waals surface area contributed by atoms with Crippen LogP contribution in [-0.2, 0) is 4.79 Å². The van der Waals surface area contributed by atoms with Crippen molar-refractivity contribution in [3.05, 3.63) is 125 Å². The highest BCUT2D eigenvalue weighted by Crippen LogP contribution is 2.37. The van der Waals surface area contributed by atoms with Crippen molar-refractivity contribution < 1.29 is 23.9 Å². The van der Waals surface area contributed by atoms with Crippen molar-refractivity contribution in [3.63, 3.8) is 0 Å². The maximum Gasteiger partial charge on any atom is 0.335 e. The van der Waals surface area contributed by atoms with Gasteiger partial charge in [0, 0.05) is 16.3 Å². The number of thioether (sulfide) groups is 1. The molecule has 0 saturated carbocycles. The first-order valence-electron chi connectivity index (χ1n) is 11.3. The van der Waals surface area contributed by atoms with Gasteiger partial charge in [0.2, 0.25) is 5.91 Å². The van der Waals surface area contributed by atoms with Crippen LogP contribution < -0.4 is 10.6 Å². The van der Waals surface area contributed by atoms with E-state index in [-0.39, 0.29) is 17.0 Å². The molecule has 0 fully saturated rings. The van der Waals surface area contributed by atoms with Crippen LogP contribution in [0.15, 0.2) is 102 Å². The number of carbonyl (C=O) groups excluding carboxylic acids is 2. The Hall–Kier alpha value is -4.43. The van der Waals surface area contributed by atoms with E-state index in [1.807, 2.05) is 36.4 Å². The average molecular weight is 515 g/mol. The van der Waals surface area contributed by atoms with Gasteiger partial charge in [-0.2, -0.15) is 0 Å². The molecule has 0 aliphatic rings. The number of hydrogen-bond acceptors (Lipinski definition) is 4. The number of benzene rings is 4. The summed E-state index contributed by atoms with van der Waals surface area (Å²) in [7, 11) is 0. The van der Waals surface area contributed by atoms with E-state index in [9.17, 15) is 23.9 Å². The van der Waals surface area contributed by atoms with Crippen molar-refractivity contribution >= 4 is 40.9 Å². The Morgan fingerprint density at radius 1 is 0.838 bits per heavy atom. The fourth-order valence-corrected chi connectivity index (χ4v) is 4.70. The molecule has 3 N–H and O–H groups in total. The van der Waals surface area contributed by atoms with Crippen LogP contribution in [0.5, 0.6) is 0 Å². The third-order valence-corrected chi connectivity index (χ3v) is 6.80. The summed E-state index contributed by atoms with van der Waals surface area (Å²) >= 11 is 1.27. The molecular formula is C29H23FN2O4S. The van der Waals surface area contributed by atoms with Crippen LogP contribution in [0.2, 0.25) is 0 Å². The van der Waals surface area contributed by atoms with Crippen LogP contribution >= 0.6 is 11.8 Å². The summed E-state index contributed by atoms with van der Waals surface area (Å²) in [5.41, 5.74) is 2.35. The molecule has 0 aromatic heterocycles. The predicted molar refractivity (Wildman–Crippen MR) is 143 cm³/mol. The van der Waals surface area contributed by atoms with Crippen molar-refractivity contribution in [3.8, 4) is 0 Å². The predicted octanol–water partition coefficient (Wildman–Crippen LogP) is 6.56. The lowest BCUT2D eigenvalue weighted by molar-refractivity contribution is -0.115. The summed E-state index contributed by atoms with van der Waals surface area (Å²) in [5.74, 6) is -2.61. The summed E-state index contributed by atoms with van der Waals surface area (Å²) in [6, 6.07) is 26.4. The number of carboxylic acid groups (broad SMARTS) is 1. The largest absolute Gasteiger partial charge is 0.478 e. The zero-order valence-corrected chi connectivity index (χ0v) is 20.6. The van der Waals surface area contributed by atoms with Crippen LogP contribution in [0.1, 0.15) is 37.1 Å². The minimum atomic E-state index is -1.08. The Labute approximate surface area is 217 Å². The van der Waals surface area contributed by atoms with Gasteiger partial charge in [0.05, 0.1) is 11.1 Å². The molecule has 0 saturated heterocycles. The van der Waals surface area contributed by atoms with E-state index < -0.39 is 22.9 Å². The highest BCUT2D eigenvalue weighted by molar-refractivity contribution is 8.00. The molecule has 37 heavy (non-hydrogen) atoms. The fraction of sp³-hybridized carbons (Fsp3) is 0.0690. The molecule has 0 aliphatic carbocycles. The lowest BCUT2D eigenvalue weighted by Gasteiger charge is -2.19. The quantitative estimate of drug-likeness (QED) is 0.232. The van der Waals surface area contributed by atoms with E-state index in [0.717, 1.165) is 11.1 Å². The Bertz CT molecular complexity index is 1460. The first kappa shape index (κ1) is 25.7. The maximum absolute atomic E-state index is 14.0. The van der Waals surface area contributed by atoms with Crippen LogP contribution in [0.25, 0.3) is 0 Å². The minimum absolute atomic E-state index is 0.0685. The molecular weight excluding hydrogens is 491 g/mol. The highest BCUT2D eigenvalue weighted by atomic mass is 32.2. The van der Waals surface area contributed by atoms with Gasteiger partial charge >= 0.3 is 5.97 Å². The van der Waals surface area contributed by atoms with Crippen molar-refractivity contribution in [2.75, 3.05) is 10.6 Å². The number of aryl methyl sites for hydroxylation is 1. The second kappa shape index (κ2) is 11.5. The zero-order chi connectivity index (χ0) is 26.4. The van der Waals surface area contributed by atoms with E-state index in [4.69, 9.17) is 0 Å². The number of carboxylic acids is 1. The Morgan fingerprint density at radius 2 is 1.57 bits per heavy atom. The third kappa shape index (κ3) is 6.42. The van der Waals surface area contributed by atoms with Crippen molar-refractivity contribution in [2.45, 2.75) is 17.1 Å². The molecule has 4 rings (SSSR count). The second-order valence-corrected chi connectivity index (χ2v) is 9.37. The first-order valence-corrected chi connectivity index (χ1v) is 12.2. The highest BCUT2D eigenvalue weighted by Gasteiger charge is 2.23. The van der Waals surface area contributed by atoms with Crippen molar-refractivity contribution in [1.29, 1.82) is 0 Å². The normalized spacial score (nSPS) is 11.4. The van der Waals surface area contributed by atoms with Gasteiger partial charge in [0.1, 0.15) is 11.1 Å². The number of halogens is 1. The molecule has 6 nitrogen and oxygen atoms in total. The van der Waals surface area contributed by atoms with Gasteiger partial charge in [-0.05, 0) is 60.5 Å². The number of nitrogens with one attached hydrogen (secondary N) is 2. The van der Waals surface area contributed by atoms with E-state index in [1.54, 1.807) is 37.3 Å². The van der Waals surface area contributed by atoms with Gasteiger partial charge in [-0.1, -0.05) is 54.6 Å². The molecule has 1 atom stereocenters. The maximum atomic E-state index is 14.0. The van der Waals surface area contributed by atoms with Crippen LogP contribution in [0.3, 0.4) is 0 Å². The van der Waals surface area contributed by atoms with Gasteiger partial charge in [-0.25, -0.2) is 9.18 Å². The Balaban J connectivity index is 1.58. The molecule has 186 valence electrons. The summed E-state index contributed by atoms with van der Waals surface area (Å²) < 4.78 is 14.0. The number of rotatable bonds is 8. The molecule has 0 bridgehead atoms. The van der Waals surface area contributed by atoms with Gasteiger partial charge in [0.25, 0.3) is 5.91 Å². The monoisotopic (exact) mass is 514 g/mol. The van der Waals surface area contributed by atoms with Gasteiger partial charge < -0.3 is 15.7 Å². The summed E-state index contributed by atoms with van der Waals surface area (Å²) in [5, 5.41) is 14.2. The van der Waals surface area contributed by atoms with Gasteiger partial charge in [-0.3, -0.25) is 9.59 Å². The molecule has 4 aromatic rings. The molecule has 4 aromatic carbocycles. The molecule has 0 aliphatic heterocycles. The number of amides is 2. The van der Waals surface area contributed by atoms with Crippen LogP contribution in [0, 0.1) is 12.7 Å². The lowest BCUT2D eigenvalue weighted by atomic mass is 10.1. The van der Waals surface area contributed by atoms with E-state index in [2.05, 4.69) is 10.6 Å². The molecule has 0 heterocycles. The molecule has 8 heteroatoms. The number of aromatic carboxylic acids is 1. The summed E-state index contributed by atoms with van der Waals surface area (Å²) in [4.78, 5) is 38.1. The molecule has 2 amide bonds. The smallest absolute Gasteiger partial charge is 0.335 e. The first-order chi connectivity index (χ1) is 17.8. The van der Waals surface area contributed by atoms with E-state index in [1.165, 1.54) is 42.1 Å². The van der Waals surface area contributed by atoms with Crippen LogP contribution in [0.4, 0.5) is 15.8 Å². The summed E-state index contributed by atoms with van der Waals surface area (Å²) in [6.07, 6.45) is 0. The zero-order valence-electron chi connectivity index (χ0n) is 19.8. The van der Waals surface area contributed by atoms with Crippen LogP contribution in [-0.4, -0.2) is 22.9 Å². The number of hydrogen-bond donors (Lipinski definition) is 3. The number of anilines is 2. The standard InChI is InChI=1S/C29H23FN2O4S/c1-18-14-15-20(29(35)36)16-25(18)32-28(34)26(19-8-3-2-4-9-19)37-22-11-7-10-21(17-22)31-27(33)23-12-5-6-13-24(23)30/h2-17,26H,1H3,(H,31,33)(H,32,34)(H,35,36). The summed E-state index contributed by atoms with van der Waals surface area (Å²) in [6.45, 7) is 1.79. The van der Waals surface area contributed by atoms with Crippen molar-refractivity contribution in [1.82, 2.24) is 0 Å². The SMILES string of the molecule is Cc1ccc(C(=O)O)cc1NC(=O)C(Sc1cccc(NC(=O)c2ccccc2F)c1)c1ccccc1. The minimum Gasteiger partial charge on any atom is -0.478 e. The van der Waals surface area contributed by atoms with Crippen molar-refractivity contribution in [2.24, 2.45) is 0 Å². The topological polar surface area (TPSA) is 95.5 Å². The molecule has 0 spiro atoms. The van der Waals surface area contributed by atoms with E-state index >= 15 is 0 Å². The molecule has 1 unspecified atom stereocenters. The Morgan fingerprint density at radius 3 is 2.30 bits per heavy atom. The fourth-order valence-electron chi connectivity index (χ4n) is 3.62.